The van der Waals surface area contributed by atoms with Crippen LogP contribution in [0.2, 0.25) is 0 Å². The summed E-state index contributed by atoms with van der Waals surface area (Å²) in [5.41, 5.74) is -1.01. The number of aliphatic hydroxyl groups is 1. The molecule has 2 unspecified atom stereocenters. The molecule has 0 spiro atoms. The zero-order chi connectivity index (χ0) is 24.0. The second kappa shape index (κ2) is 10.8. The summed E-state index contributed by atoms with van der Waals surface area (Å²) in [4.78, 5) is 26.4. The molecule has 2 aliphatic heterocycles. The number of hydrogen-bond acceptors (Lipinski definition) is 8. The molecule has 31 heavy (non-hydrogen) atoms. The smallest absolute Gasteiger partial charge is 0.410 e. The van der Waals surface area contributed by atoms with Crippen LogP contribution in [0, 0.1) is 0 Å². The Kier molecular flexibility index (Phi) is 9.58. The van der Waals surface area contributed by atoms with Crippen LogP contribution in [0.4, 0.5) is 9.59 Å². The molecule has 2 saturated heterocycles. The molecule has 2 aliphatic rings. The molecule has 2 heterocycles. The number of carbonyl (C=O) groups is 2. The summed E-state index contributed by atoms with van der Waals surface area (Å²) in [6, 6.07) is -0.485. The van der Waals surface area contributed by atoms with E-state index >= 15 is 0 Å². The fourth-order valence-corrected chi connectivity index (χ4v) is 3.77. The summed E-state index contributed by atoms with van der Waals surface area (Å²) in [7, 11) is -3.58. The fraction of sp³-hybridized carbons (Fsp3) is 0.900. The lowest BCUT2D eigenvalue weighted by Gasteiger charge is -2.27. The number of amides is 2. The topological polar surface area (TPSA) is 123 Å². The van der Waals surface area contributed by atoms with Crippen molar-refractivity contribution in [2.75, 3.05) is 32.5 Å². The van der Waals surface area contributed by atoms with Crippen LogP contribution in [-0.2, 0) is 23.8 Å². The van der Waals surface area contributed by atoms with Gasteiger partial charge in [-0.05, 0) is 60.8 Å². The van der Waals surface area contributed by atoms with Crippen LogP contribution < -0.4 is 0 Å². The monoisotopic (exact) mass is 466 g/mol. The molecule has 0 saturated carbocycles. The Morgan fingerprint density at radius 2 is 1.45 bits per heavy atom. The summed E-state index contributed by atoms with van der Waals surface area (Å²) in [6.07, 6.45) is 2.06. The standard InChI is InChI=1S/C11H21NO6S.C9H17NO2/c1-11(2,3)17-10(14)12-6-9(5-8(12)7-13)18-19(4,15)16;1-9(2,3)12-8(11)10-6-4-5-7-10/h8-9,13H,5-7H2,1-4H3;4-7H2,1-3H3. The van der Waals surface area contributed by atoms with Gasteiger partial charge in [-0.3, -0.25) is 4.18 Å². The summed E-state index contributed by atoms with van der Waals surface area (Å²) < 4.78 is 37.4. The first-order valence-electron chi connectivity index (χ1n) is 10.5. The van der Waals surface area contributed by atoms with E-state index in [-0.39, 0.29) is 31.3 Å². The zero-order valence-electron chi connectivity index (χ0n) is 19.7. The third-order valence-electron chi connectivity index (χ3n) is 4.28. The summed E-state index contributed by atoms with van der Waals surface area (Å²) in [5, 5.41) is 9.25. The van der Waals surface area contributed by atoms with Crippen LogP contribution >= 0.6 is 0 Å². The van der Waals surface area contributed by atoms with E-state index in [9.17, 15) is 23.1 Å². The molecule has 2 amide bonds. The van der Waals surface area contributed by atoms with E-state index < -0.39 is 34.0 Å². The van der Waals surface area contributed by atoms with Crippen LogP contribution in [0.25, 0.3) is 0 Å². The number of ether oxygens (including phenoxy) is 2. The predicted octanol–water partition coefficient (Wildman–Crippen LogP) is 2.35. The Hall–Kier alpha value is -1.59. The first-order valence-corrected chi connectivity index (χ1v) is 12.3. The molecule has 0 aromatic rings. The summed E-state index contributed by atoms with van der Waals surface area (Å²) in [5.74, 6) is 0. The fourth-order valence-electron chi connectivity index (χ4n) is 3.13. The van der Waals surface area contributed by atoms with E-state index in [1.54, 1.807) is 25.7 Å². The van der Waals surface area contributed by atoms with E-state index in [1.807, 2.05) is 20.8 Å². The van der Waals surface area contributed by atoms with Crippen LogP contribution in [-0.4, -0.2) is 91.4 Å². The van der Waals surface area contributed by atoms with E-state index in [0.717, 1.165) is 32.2 Å². The van der Waals surface area contributed by atoms with Crippen molar-refractivity contribution in [3.8, 4) is 0 Å². The minimum absolute atomic E-state index is 0.0905. The third kappa shape index (κ3) is 11.0. The van der Waals surface area contributed by atoms with Crippen molar-refractivity contribution in [2.45, 2.75) is 84.2 Å². The molecule has 1 N–H and O–H groups in total. The highest BCUT2D eigenvalue weighted by atomic mass is 32.2. The Bertz CT molecular complexity index is 706. The van der Waals surface area contributed by atoms with Gasteiger partial charge in [0.15, 0.2) is 0 Å². The van der Waals surface area contributed by atoms with E-state index in [2.05, 4.69) is 0 Å². The maximum atomic E-state index is 11.9. The van der Waals surface area contributed by atoms with E-state index in [1.165, 1.54) is 4.90 Å². The predicted molar refractivity (Wildman–Crippen MR) is 115 cm³/mol. The highest BCUT2D eigenvalue weighted by molar-refractivity contribution is 7.86. The van der Waals surface area contributed by atoms with Gasteiger partial charge in [0.05, 0.1) is 31.6 Å². The number of nitrogens with zero attached hydrogens (tertiary/aromatic N) is 2. The molecule has 0 bridgehead atoms. The highest BCUT2D eigenvalue weighted by Gasteiger charge is 2.39. The second-order valence-corrected chi connectivity index (χ2v) is 11.4. The first-order chi connectivity index (χ1) is 14.0. The van der Waals surface area contributed by atoms with Gasteiger partial charge < -0.3 is 24.4 Å². The number of carbonyl (C=O) groups excluding carboxylic acids is 2. The molecule has 2 fully saturated rings. The van der Waals surface area contributed by atoms with Gasteiger partial charge in [0.2, 0.25) is 0 Å². The van der Waals surface area contributed by atoms with E-state index in [4.69, 9.17) is 13.7 Å². The molecule has 182 valence electrons. The van der Waals surface area contributed by atoms with Gasteiger partial charge in [-0.15, -0.1) is 0 Å². The lowest BCUT2D eigenvalue weighted by Crippen LogP contribution is -2.41. The molecular formula is C20H38N2O8S. The van der Waals surface area contributed by atoms with Gasteiger partial charge in [0, 0.05) is 13.1 Å². The molecule has 10 nitrogen and oxygen atoms in total. The van der Waals surface area contributed by atoms with Crippen LogP contribution in [0.1, 0.15) is 60.8 Å². The number of aliphatic hydroxyl groups excluding tert-OH is 1. The average molecular weight is 467 g/mol. The Morgan fingerprint density at radius 3 is 1.87 bits per heavy atom. The number of likely N-dealkylation sites (tertiary alicyclic amines) is 2. The van der Waals surface area contributed by atoms with Gasteiger partial charge in [0.25, 0.3) is 10.1 Å². The Balaban J connectivity index is 0.000000343. The molecule has 0 aliphatic carbocycles. The number of rotatable bonds is 3. The van der Waals surface area contributed by atoms with Crippen molar-refractivity contribution < 1.29 is 36.8 Å². The highest BCUT2D eigenvalue weighted by Crippen LogP contribution is 2.23. The molecule has 2 atom stereocenters. The van der Waals surface area contributed by atoms with E-state index in [0.29, 0.717) is 0 Å². The first kappa shape index (κ1) is 27.4. The van der Waals surface area contributed by atoms with Crippen molar-refractivity contribution in [1.82, 2.24) is 9.80 Å². The Morgan fingerprint density at radius 1 is 0.968 bits per heavy atom. The lowest BCUT2D eigenvalue weighted by molar-refractivity contribution is 0.0165. The Labute approximate surface area is 185 Å². The van der Waals surface area contributed by atoms with Crippen molar-refractivity contribution >= 4 is 22.3 Å². The molecular weight excluding hydrogens is 428 g/mol. The molecule has 0 radical (unpaired) electrons. The molecule has 0 aromatic heterocycles. The third-order valence-corrected chi connectivity index (χ3v) is 4.91. The summed E-state index contributed by atoms with van der Waals surface area (Å²) >= 11 is 0. The van der Waals surface area contributed by atoms with Crippen LogP contribution in [0.5, 0.6) is 0 Å². The molecule has 0 aromatic carbocycles. The largest absolute Gasteiger partial charge is 0.444 e. The maximum absolute atomic E-state index is 11.9. The van der Waals surface area contributed by atoms with Crippen molar-refractivity contribution in [2.24, 2.45) is 0 Å². The molecule has 11 heteroatoms. The van der Waals surface area contributed by atoms with Crippen LogP contribution in [0.15, 0.2) is 0 Å². The van der Waals surface area contributed by atoms with Gasteiger partial charge in [-0.2, -0.15) is 8.42 Å². The molecule has 2 rings (SSSR count). The lowest BCUT2D eigenvalue weighted by atomic mass is 10.2. The van der Waals surface area contributed by atoms with Crippen LogP contribution in [0.3, 0.4) is 0 Å². The normalized spacial score (nSPS) is 22.1. The number of hydrogen-bond donors (Lipinski definition) is 1. The second-order valence-electron chi connectivity index (χ2n) is 9.80. The quantitative estimate of drug-likeness (QED) is 0.629. The minimum Gasteiger partial charge on any atom is -0.444 e. The van der Waals surface area contributed by atoms with Gasteiger partial charge >= 0.3 is 12.2 Å². The van der Waals surface area contributed by atoms with Crippen molar-refractivity contribution in [3.05, 3.63) is 0 Å². The summed E-state index contributed by atoms with van der Waals surface area (Å²) in [6.45, 7) is 12.4. The van der Waals surface area contributed by atoms with Crippen molar-refractivity contribution in [3.63, 3.8) is 0 Å². The maximum Gasteiger partial charge on any atom is 0.410 e. The van der Waals surface area contributed by atoms with Gasteiger partial charge in [-0.25, -0.2) is 9.59 Å². The van der Waals surface area contributed by atoms with Gasteiger partial charge in [-0.1, -0.05) is 0 Å². The minimum atomic E-state index is -3.58. The SMILES string of the molecule is CC(C)(C)OC(=O)N1CC(OS(C)(=O)=O)CC1CO.CC(C)(C)OC(=O)N1CCCC1. The average Bonchev–Trinajstić information content (AvgIpc) is 3.19. The zero-order valence-corrected chi connectivity index (χ0v) is 20.5. The van der Waals surface area contributed by atoms with Gasteiger partial charge in [0.1, 0.15) is 11.2 Å². The van der Waals surface area contributed by atoms with Crippen molar-refractivity contribution in [1.29, 1.82) is 0 Å².